The van der Waals surface area contributed by atoms with E-state index in [-0.39, 0.29) is 0 Å². The Kier molecular flexibility index (Phi) is 4.00. The zero-order valence-corrected chi connectivity index (χ0v) is 13.3. The maximum Gasteiger partial charge on any atom is 0.119 e. The number of ether oxygens (including phenoxy) is 1. The van der Waals surface area contributed by atoms with Crippen LogP contribution in [0.5, 0.6) is 0 Å². The molecular formula is C21H22O. The molecule has 0 fully saturated rings. The lowest BCUT2D eigenvalue weighted by molar-refractivity contribution is -0.00846. The maximum absolute atomic E-state index is 6.47. The van der Waals surface area contributed by atoms with Crippen molar-refractivity contribution >= 4 is 12.2 Å². The molecule has 0 N–H and O–H groups in total. The number of hydrogen-bond acceptors (Lipinski definition) is 1. The van der Waals surface area contributed by atoms with Crippen molar-refractivity contribution in [2.24, 2.45) is 0 Å². The van der Waals surface area contributed by atoms with Crippen molar-refractivity contribution in [1.29, 1.82) is 0 Å². The van der Waals surface area contributed by atoms with Gasteiger partial charge >= 0.3 is 0 Å². The van der Waals surface area contributed by atoms with Crippen molar-refractivity contribution in [3.05, 3.63) is 82.9 Å². The van der Waals surface area contributed by atoms with Gasteiger partial charge in [-0.05, 0) is 35.6 Å². The molecule has 0 radical (unpaired) electrons. The van der Waals surface area contributed by atoms with Gasteiger partial charge < -0.3 is 4.74 Å². The molecule has 0 spiro atoms. The Morgan fingerprint density at radius 1 is 0.955 bits per heavy atom. The minimum Gasteiger partial charge on any atom is -0.361 e. The van der Waals surface area contributed by atoms with Gasteiger partial charge in [-0.3, -0.25) is 0 Å². The molecule has 112 valence electrons. The van der Waals surface area contributed by atoms with E-state index < -0.39 is 5.60 Å². The van der Waals surface area contributed by atoms with Gasteiger partial charge in [0.25, 0.3) is 0 Å². The van der Waals surface area contributed by atoms with Gasteiger partial charge in [-0.2, -0.15) is 0 Å². The first-order valence-corrected chi connectivity index (χ1v) is 7.83. The van der Waals surface area contributed by atoms with Crippen molar-refractivity contribution in [2.75, 3.05) is 6.61 Å². The van der Waals surface area contributed by atoms with E-state index in [2.05, 4.69) is 74.2 Å². The zero-order valence-electron chi connectivity index (χ0n) is 13.3. The summed E-state index contributed by atoms with van der Waals surface area (Å²) >= 11 is 0. The average molecular weight is 290 g/mol. The van der Waals surface area contributed by atoms with E-state index >= 15 is 0 Å². The summed E-state index contributed by atoms with van der Waals surface area (Å²) < 4.78 is 6.47. The Labute approximate surface area is 133 Å². The average Bonchev–Trinajstić information content (AvgIpc) is 2.68. The molecular weight excluding hydrogens is 268 g/mol. The molecule has 0 unspecified atom stereocenters. The summed E-state index contributed by atoms with van der Waals surface area (Å²) in [6.45, 7) is 8.77. The Morgan fingerprint density at radius 3 is 1.91 bits per heavy atom. The Bertz CT molecular complexity index is 675. The first-order valence-electron chi connectivity index (χ1n) is 7.83. The summed E-state index contributed by atoms with van der Waals surface area (Å²) in [6, 6.07) is 17.0. The van der Waals surface area contributed by atoms with Crippen LogP contribution in [-0.2, 0) is 10.3 Å². The van der Waals surface area contributed by atoms with Crippen LogP contribution in [0, 0.1) is 0 Å². The third-order valence-corrected chi connectivity index (χ3v) is 4.30. The highest BCUT2D eigenvalue weighted by molar-refractivity contribution is 5.77. The molecule has 0 saturated carbocycles. The van der Waals surface area contributed by atoms with E-state index in [1.165, 1.54) is 22.3 Å². The summed E-state index contributed by atoms with van der Waals surface area (Å²) in [5.74, 6) is 0. The molecule has 0 atom stereocenters. The molecule has 2 aromatic carbocycles. The highest BCUT2D eigenvalue weighted by Crippen LogP contribution is 2.43. The highest BCUT2D eigenvalue weighted by Gasteiger charge is 2.37. The third kappa shape index (κ3) is 2.42. The van der Waals surface area contributed by atoms with Gasteiger partial charge in [-0.25, -0.2) is 0 Å². The Morgan fingerprint density at radius 2 is 1.45 bits per heavy atom. The first-order chi connectivity index (χ1) is 10.7. The van der Waals surface area contributed by atoms with Crippen LogP contribution >= 0.6 is 0 Å². The predicted molar refractivity (Wildman–Crippen MR) is 93.6 cm³/mol. The van der Waals surface area contributed by atoms with Gasteiger partial charge in [0.2, 0.25) is 0 Å². The number of hydrogen-bond donors (Lipinski definition) is 0. The molecule has 0 bridgehead atoms. The van der Waals surface area contributed by atoms with Gasteiger partial charge in [0, 0.05) is 0 Å². The molecule has 1 aliphatic carbocycles. The quantitative estimate of drug-likeness (QED) is 0.683. The standard InChI is InChI=1S/C21H22O/c1-4-21(22-15-16(2)3)19-11-7-5-9-17(19)13-14-18-10-6-8-12-20(18)21/h5-14H,2,4,15H2,1,3H3. The molecule has 0 amide bonds. The molecule has 0 aliphatic heterocycles. The van der Waals surface area contributed by atoms with Crippen molar-refractivity contribution in [3.63, 3.8) is 0 Å². The topological polar surface area (TPSA) is 9.23 Å². The fourth-order valence-corrected chi connectivity index (χ4v) is 3.23. The minimum absolute atomic E-state index is 0.421. The summed E-state index contributed by atoms with van der Waals surface area (Å²) in [6.07, 6.45) is 5.27. The molecule has 22 heavy (non-hydrogen) atoms. The normalized spacial score (nSPS) is 14.8. The predicted octanol–water partition coefficient (Wildman–Crippen LogP) is 5.42. The molecule has 2 aromatic rings. The van der Waals surface area contributed by atoms with E-state index in [9.17, 15) is 0 Å². The molecule has 1 aliphatic rings. The third-order valence-electron chi connectivity index (χ3n) is 4.30. The van der Waals surface area contributed by atoms with Crippen LogP contribution in [-0.4, -0.2) is 6.61 Å². The van der Waals surface area contributed by atoms with Gasteiger partial charge in [-0.15, -0.1) is 0 Å². The maximum atomic E-state index is 6.47. The summed E-state index contributed by atoms with van der Waals surface area (Å²) in [4.78, 5) is 0. The number of benzene rings is 2. The summed E-state index contributed by atoms with van der Waals surface area (Å²) in [7, 11) is 0. The van der Waals surface area contributed by atoms with Gasteiger partial charge in [0.15, 0.2) is 0 Å². The van der Waals surface area contributed by atoms with Crippen LogP contribution in [0.3, 0.4) is 0 Å². The van der Waals surface area contributed by atoms with E-state index in [1.54, 1.807) is 0 Å². The minimum atomic E-state index is -0.421. The van der Waals surface area contributed by atoms with Gasteiger partial charge in [-0.1, -0.05) is 79.8 Å². The lowest BCUT2D eigenvalue weighted by Gasteiger charge is -2.35. The molecule has 1 heteroatoms. The first kappa shape index (κ1) is 14.8. The Hall–Kier alpha value is -2.12. The number of fused-ring (bicyclic) bond motifs is 2. The second-order valence-electron chi connectivity index (χ2n) is 5.93. The van der Waals surface area contributed by atoms with E-state index in [4.69, 9.17) is 4.74 Å². The zero-order chi connectivity index (χ0) is 15.6. The fraction of sp³-hybridized carbons (Fsp3) is 0.238. The number of rotatable bonds is 4. The molecule has 3 rings (SSSR count). The lowest BCUT2D eigenvalue weighted by Crippen LogP contribution is -2.32. The van der Waals surface area contributed by atoms with Crippen molar-refractivity contribution in [1.82, 2.24) is 0 Å². The monoisotopic (exact) mass is 290 g/mol. The molecule has 1 nitrogen and oxygen atoms in total. The second kappa shape index (κ2) is 5.94. The molecule has 0 heterocycles. The van der Waals surface area contributed by atoms with E-state index in [0.29, 0.717) is 6.61 Å². The van der Waals surface area contributed by atoms with E-state index in [0.717, 1.165) is 12.0 Å². The second-order valence-corrected chi connectivity index (χ2v) is 5.93. The Balaban J connectivity index is 2.25. The molecule has 0 saturated heterocycles. The smallest absolute Gasteiger partial charge is 0.119 e. The van der Waals surface area contributed by atoms with E-state index in [1.807, 2.05) is 6.92 Å². The largest absolute Gasteiger partial charge is 0.361 e. The van der Waals surface area contributed by atoms with Crippen molar-refractivity contribution < 1.29 is 4.74 Å². The van der Waals surface area contributed by atoms with Crippen LogP contribution in [0.4, 0.5) is 0 Å². The van der Waals surface area contributed by atoms with Crippen LogP contribution in [0.1, 0.15) is 42.5 Å². The van der Waals surface area contributed by atoms with Crippen LogP contribution < -0.4 is 0 Å². The van der Waals surface area contributed by atoms with Crippen molar-refractivity contribution in [3.8, 4) is 0 Å². The molecule has 0 aromatic heterocycles. The van der Waals surface area contributed by atoms with Gasteiger partial charge in [0.05, 0.1) is 6.61 Å². The van der Waals surface area contributed by atoms with Gasteiger partial charge in [0.1, 0.15) is 5.60 Å². The fourth-order valence-electron chi connectivity index (χ4n) is 3.23. The highest BCUT2D eigenvalue weighted by atomic mass is 16.5. The van der Waals surface area contributed by atoms with Crippen LogP contribution in [0.25, 0.3) is 12.2 Å². The van der Waals surface area contributed by atoms with Crippen LogP contribution in [0.2, 0.25) is 0 Å². The summed E-state index contributed by atoms with van der Waals surface area (Å²) in [5.41, 5.74) is 5.54. The lowest BCUT2D eigenvalue weighted by atomic mass is 9.81. The SMILES string of the molecule is C=C(C)COC1(CC)c2ccccc2C=Cc2ccccc21. The van der Waals surface area contributed by atoms with Crippen LogP contribution in [0.15, 0.2) is 60.7 Å². The summed E-state index contributed by atoms with van der Waals surface area (Å²) in [5, 5.41) is 0. The van der Waals surface area contributed by atoms with Crippen molar-refractivity contribution in [2.45, 2.75) is 25.9 Å².